The fourth-order valence-electron chi connectivity index (χ4n) is 5.11. The number of fused-ring (bicyclic) bond motifs is 1. The van der Waals surface area contributed by atoms with Crippen LogP contribution in [0.1, 0.15) is 24.2 Å². The Hall–Kier alpha value is -3.02. The maximum absolute atomic E-state index is 15.2. The van der Waals surface area contributed by atoms with Crippen LogP contribution in [0.15, 0.2) is 48.5 Å². The molecule has 1 unspecified atom stereocenters. The molecule has 0 spiro atoms. The summed E-state index contributed by atoms with van der Waals surface area (Å²) >= 11 is 2.17. The smallest absolute Gasteiger partial charge is 0.256 e. The zero-order chi connectivity index (χ0) is 28.6. The van der Waals surface area contributed by atoms with Crippen molar-refractivity contribution < 1.29 is 23.0 Å². The van der Waals surface area contributed by atoms with Gasteiger partial charge in [-0.25, -0.2) is 13.2 Å². The van der Waals surface area contributed by atoms with Crippen molar-refractivity contribution in [1.29, 1.82) is 0 Å². The molecule has 1 aliphatic rings. The Kier molecular flexibility index (Phi) is 8.44. The predicted octanol–water partition coefficient (Wildman–Crippen LogP) is 6.23. The van der Waals surface area contributed by atoms with E-state index >= 15 is 8.78 Å². The average Bonchev–Trinajstić information content (AvgIpc) is 3.29. The topological polar surface area (TPSA) is 80.7 Å². The van der Waals surface area contributed by atoms with Crippen LogP contribution in [0.25, 0.3) is 22.0 Å². The van der Waals surface area contributed by atoms with E-state index in [9.17, 15) is 4.79 Å². The van der Waals surface area contributed by atoms with E-state index in [0.717, 1.165) is 18.8 Å². The molecule has 1 aliphatic heterocycles. The molecule has 1 amide bonds. The number of rotatable bonds is 7. The predicted molar refractivity (Wildman–Crippen MR) is 165 cm³/mol. The number of benzene rings is 3. The number of piperazine rings is 1. The molecule has 0 saturated carbocycles. The summed E-state index contributed by atoms with van der Waals surface area (Å²) in [5.74, 6) is -1.84. The first-order valence-electron chi connectivity index (χ1n) is 12.7. The lowest BCUT2D eigenvalue weighted by Gasteiger charge is -2.37. The van der Waals surface area contributed by atoms with Gasteiger partial charge in [-0.2, -0.15) is 0 Å². The number of anilines is 2. The van der Waals surface area contributed by atoms with Gasteiger partial charge < -0.3 is 25.0 Å². The van der Waals surface area contributed by atoms with Crippen molar-refractivity contribution in [2.75, 3.05) is 37.5 Å². The summed E-state index contributed by atoms with van der Waals surface area (Å²) in [6.07, 6.45) is 0.185. The van der Waals surface area contributed by atoms with Crippen LogP contribution in [-0.4, -0.2) is 54.9 Å². The van der Waals surface area contributed by atoms with Crippen molar-refractivity contribution in [2.24, 2.45) is 0 Å². The van der Waals surface area contributed by atoms with Crippen molar-refractivity contribution in [3.63, 3.8) is 0 Å². The molecule has 4 aromatic rings. The summed E-state index contributed by atoms with van der Waals surface area (Å²) < 4.78 is 42.2. The van der Waals surface area contributed by atoms with Crippen molar-refractivity contribution in [1.82, 2.24) is 14.9 Å². The molecule has 1 aromatic heterocycles. The molecule has 2 N–H and O–H groups in total. The van der Waals surface area contributed by atoms with E-state index < -0.39 is 11.6 Å². The highest BCUT2D eigenvalue weighted by Crippen LogP contribution is 2.40. The second-order valence-electron chi connectivity index (χ2n) is 9.74. The van der Waals surface area contributed by atoms with Gasteiger partial charge in [0.05, 0.1) is 31.7 Å². The van der Waals surface area contributed by atoms with E-state index in [1.54, 1.807) is 34.8 Å². The maximum Gasteiger partial charge on any atom is 0.256 e. The van der Waals surface area contributed by atoms with Gasteiger partial charge in [-0.05, 0) is 77.9 Å². The lowest BCUT2D eigenvalue weighted by molar-refractivity contribution is 0.102. The third-order valence-corrected chi connectivity index (χ3v) is 8.78. The van der Waals surface area contributed by atoms with Crippen LogP contribution in [0.5, 0.6) is 11.5 Å². The van der Waals surface area contributed by atoms with Gasteiger partial charge in [0, 0.05) is 47.9 Å². The minimum atomic E-state index is -0.829. The molecule has 2 heterocycles. The molecule has 5 rings (SSSR count). The highest BCUT2D eigenvalue weighted by atomic mass is 127. The van der Waals surface area contributed by atoms with E-state index in [4.69, 9.17) is 9.47 Å². The molecule has 1 fully saturated rings. The van der Waals surface area contributed by atoms with Gasteiger partial charge in [0.2, 0.25) is 0 Å². The van der Waals surface area contributed by atoms with Gasteiger partial charge in [-0.15, -0.1) is 5.10 Å². The first kappa shape index (κ1) is 28.5. The summed E-state index contributed by atoms with van der Waals surface area (Å²) in [6.45, 7) is 6.12. The number of aromatic nitrogens is 2. The highest BCUT2D eigenvalue weighted by Gasteiger charge is 2.24. The fourth-order valence-corrected chi connectivity index (χ4v) is 6.62. The summed E-state index contributed by atoms with van der Waals surface area (Å²) in [6, 6.07) is 14.4. The first-order chi connectivity index (χ1) is 19.2. The van der Waals surface area contributed by atoms with Gasteiger partial charge in [-0.1, -0.05) is 6.07 Å². The Labute approximate surface area is 245 Å². The van der Waals surface area contributed by atoms with E-state index in [2.05, 4.69) is 56.5 Å². The molecular weight excluding hydrogens is 650 g/mol. The van der Waals surface area contributed by atoms with Crippen LogP contribution in [0.4, 0.5) is 20.3 Å². The normalized spacial score (nSPS) is 17.5. The number of ether oxygens (including phenoxy) is 2. The van der Waals surface area contributed by atoms with E-state index in [1.807, 2.05) is 12.1 Å². The van der Waals surface area contributed by atoms with Crippen molar-refractivity contribution >= 4 is 56.7 Å². The Morgan fingerprint density at radius 2 is 1.65 bits per heavy atom. The highest BCUT2D eigenvalue weighted by molar-refractivity contribution is 14.2. The first-order valence-corrected chi connectivity index (χ1v) is 16.7. The van der Waals surface area contributed by atoms with Crippen LogP contribution in [0, 0.1) is 11.6 Å². The minimum absolute atomic E-state index is 0.127. The average molecular weight is 679 g/mol. The van der Waals surface area contributed by atoms with Gasteiger partial charge in [0.25, 0.3) is 5.91 Å². The number of halogens is 3. The number of nitrogens with zero attached hydrogens (tertiary/aromatic N) is 3. The Balaban J connectivity index is 1.43. The Bertz CT molecular complexity index is 1530. The molecule has 0 bridgehead atoms. The summed E-state index contributed by atoms with van der Waals surface area (Å²) in [5, 5.41) is 11.6. The summed E-state index contributed by atoms with van der Waals surface area (Å²) in [7, 11) is 2.62. The van der Waals surface area contributed by atoms with Crippen LogP contribution in [0.2, 0.25) is 0 Å². The van der Waals surface area contributed by atoms with E-state index in [-0.39, 0.29) is 29.3 Å². The third-order valence-electron chi connectivity index (χ3n) is 6.91. The largest absolute Gasteiger partial charge is 0.494 e. The molecule has 0 radical (unpaired) electrons. The quantitative estimate of drug-likeness (QED) is 0.178. The molecule has 210 valence electrons. The van der Waals surface area contributed by atoms with Gasteiger partial charge >= 0.3 is 0 Å². The minimum Gasteiger partial charge on any atom is -0.494 e. The molecular formula is C28H29F2IN5O3P. The van der Waals surface area contributed by atoms with Crippen LogP contribution >= 0.6 is 28.4 Å². The van der Waals surface area contributed by atoms with Gasteiger partial charge in [0.15, 0.2) is 29.0 Å². The molecule has 1 saturated heterocycles. The molecule has 12 heteroatoms. The maximum atomic E-state index is 15.2. The second-order valence-corrected chi connectivity index (χ2v) is 11.8. The molecule has 0 aliphatic carbocycles. The van der Waals surface area contributed by atoms with Crippen LogP contribution < -0.4 is 25.0 Å². The number of carbonyl (C=O) groups excluding carboxylic acids is 1. The van der Waals surface area contributed by atoms with Crippen molar-refractivity contribution in [2.45, 2.75) is 25.9 Å². The Morgan fingerprint density at radius 3 is 2.23 bits per heavy atom. The number of hydrogen-bond donors (Lipinski definition) is 2. The molecule has 40 heavy (non-hydrogen) atoms. The molecule has 8 nitrogen and oxygen atoms in total. The number of methoxy groups -OCH3 is 2. The number of nitrogens with one attached hydrogen (secondary N) is 2. The zero-order valence-corrected chi connectivity index (χ0v) is 25.5. The van der Waals surface area contributed by atoms with Crippen molar-refractivity contribution in [3.05, 3.63) is 65.7 Å². The standard InChI is InChI=1S/C28H29F2IN5O3P/c1-15-13-35(14-16(2)32-15)19-8-5-17(6-9-19)28(37)33-27-20-10-7-18(11-21(20)36(34-27)40-31)24-25(29)22(38-3)12-23(39-4)26(24)30/h5-12,15-16,32,40H,13-14H2,1-4H3,(H,33,34,37)/t15-,16+. The monoisotopic (exact) mass is 679 g/mol. The summed E-state index contributed by atoms with van der Waals surface area (Å²) in [4.78, 5) is 15.5. The fraction of sp³-hybridized carbons (Fsp3) is 0.286. The van der Waals surface area contributed by atoms with Crippen LogP contribution in [0.3, 0.4) is 0 Å². The lowest BCUT2D eigenvalue weighted by Crippen LogP contribution is -2.54. The van der Waals surface area contributed by atoms with Crippen molar-refractivity contribution in [3.8, 4) is 22.6 Å². The van der Waals surface area contributed by atoms with E-state index in [0.29, 0.717) is 39.9 Å². The van der Waals surface area contributed by atoms with Crippen LogP contribution in [-0.2, 0) is 0 Å². The zero-order valence-electron chi connectivity index (χ0n) is 22.4. The molecule has 3 aromatic carbocycles. The second kappa shape index (κ2) is 11.8. The number of amides is 1. The van der Waals surface area contributed by atoms with Gasteiger partial charge in [-0.3, -0.25) is 4.79 Å². The number of carbonyl (C=O) groups is 1. The van der Waals surface area contributed by atoms with Gasteiger partial charge in [0.1, 0.15) is 0 Å². The van der Waals surface area contributed by atoms with E-state index in [1.165, 1.54) is 20.3 Å². The number of hydrogen-bond acceptors (Lipinski definition) is 6. The SMILES string of the molecule is COc1cc(OC)c(F)c(-c2ccc3c(NC(=O)c4ccc(N5C[C@@H](C)N[C@@H](C)C5)cc4)nn(PI)c3c2)c1F. The molecule has 3 atom stereocenters. The third kappa shape index (κ3) is 5.46. The summed E-state index contributed by atoms with van der Waals surface area (Å²) in [5.41, 5.74) is 2.23. The lowest BCUT2D eigenvalue weighted by atomic mass is 10.0. The Morgan fingerprint density at radius 1 is 1.02 bits per heavy atom.